The summed E-state index contributed by atoms with van der Waals surface area (Å²) in [5, 5.41) is 13.5. The topological polar surface area (TPSA) is 79.4 Å². The molecule has 0 spiro atoms. The fourth-order valence-electron chi connectivity index (χ4n) is 4.59. The van der Waals surface area contributed by atoms with E-state index >= 15 is 0 Å². The van der Waals surface area contributed by atoms with Crippen molar-refractivity contribution < 1.29 is 28.0 Å². The van der Waals surface area contributed by atoms with Gasteiger partial charge in [0, 0.05) is 50.3 Å². The fraction of sp³-hybridized carbons (Fsp3) is 0.462. The molecule has 8 nitrogen and oxygen atoms in total. The Morgan fingerprint density at radius 3 is 2.32 bits per heavy atom. The van der Waals surface area contributed by atoms with E-state index in [1.165, 1.54) is 23.5 Å². The molecule has 0 saturated carbocycles. The summed E-state index contributed by atoms with van der Waals surface area (Å²) < 4.78 is 41.6. The summed E-state index contributed by atoms with van der Waals surface area (Å²) in [6.07, 6.45) is -1.15. The summed E-state index contributed by atoms with van der Waals surface area (Å²) in [7, 11) is 1.65. The van der Waals surface area contributed by atoms with Crippen LogP contribution in [0.4, 0.5) is 30.2 Å². The second kappa shape index (κ2) is 11.4. The first-order valence-electron chi connectivity index (χ1n) is 12.4. The minimum absolute atomic E-state index is 0.0171. The van der Waals surface area contributed by atoms with E-state index in [1.807, 2.05) is 24.3 Å². The predicted molar refractivity (Wildman–Crippen MR) is 134 cm³/mol. The van der Waals surface area contributed by atoms with Gasteiger partial charge in [0.25, 0.3) is 5.91 Å². The zero-order valence-corrected chi connectivity index (χ0v) is 20.8. The molecule has 2 aromatic carbocycles. The number of hydrogen-bond donors (Lipinski definition) is 2. The number of nitrogens with one attached hydrogen (secondary N) is 1. The summed E-state index contributed by atoms with van der Waals surface area (Å²) in [6.45, 7) is 2.01. The van der Waals surface area contributed by atoms with Crippen molar-refractivity contribution in [2.75, 3.05) is 56.5 Å². The number of carbonyl (C=O) groups is 2. The summed E-state index contributed by atoms with van der Waals surface area (Å²) >= 11 is 0. The van der Waals surface area contributed by atoms with E-state index in [0.29, 0.717) is 18.8 Å². The number of rotatable bonds is 7. The maximum atomic E-state index is 13.9. The highest BCUT2D eigenvalue weighted by atomic mass is 19.4. The van der Waals surface area contributed by atoms with Crippen LogP contribution < -0.4 is 10.2 Å². The van der Waals surface area contributed by atoms with Crippen LogP contribution in [0.2, 0.25) is 0 Å². The molecule has 2 saturated heterocycles. The third kappa shape index (κ3) is 6.92. The van der Waals surface area contributed by atoms with Crippen LogP contribution >= 0.6 is 0 Å². The standard InChI is InChI=1S/C26H32F3N5O3/c1-31-13-14-32(17-24(31)35)18-25(36)34(37)16-19-5-6-21(15-23(19)26(27,28)29)30-20-7-9-22(10-8-20)33-11-3-2-4-12-33/h5-10,15,30,37H,2-4,11-14,16-18H2,1H3. The molecular formula is C26H32F3N5O3. The van der Waals surface area contributed by atoms with E-state index in [0.717, 1.165) is 37.7 Å². The number of likely N-dealkylation sites (N-methyl/N-ethyl adjacent to an activating group) is 1. The van der Waals surface area contributed by atoms with Gasteiger partial charge in [-0.2, -0.15) is 13.2 Å². The molecule has 0 atom stereocenters. The number of carbonyl (C=O) groups excluding carboxylic acids is 2. The number of anilines is 3. The maximum Gasteiger partial charge on any atom is 0.416 e. The monoisotopic (exact) mass is 519 g/mol. The molecule has 2 aromatic rings. The number of benzene rings is 2. The molecule has 0 aliphatic carbocycles. The van der Waals surface area contributed by atoms with E-state index in [4.69, 9.17) is 0 Å². The van der Waals surface area contributed by atoms with Gasteiger partial charge in [-0.15, -0.1) is 0 Å². The Hall–Kier alpha value is -3.31. The molecule has 0 aromatic heterocycles. The van der Waals surface area contributed by atoms with Gasteiger partial charge in [0.05, 0.1) is 25.2 Å². The van der Waals surface area contributed by atoms with Gasteiger partial charge in [-0.05, 0) is 61.2 Å². The minimum atomic E-state index is -4.68. The SMILES string of the molecule is CN1CCN(CC(=O)N(O)Cc2ccc(Nc3ccc(N4CCCCC4)cc3)cc2C(F)(F)F)CC1=O. The fourth-order valence-corrected chi connectivity index (χ4v) is 4.59. The summed E-state index contributed by atoms with van der Waals surface area (Å²) in [4.78, 5) is 29.6. The van der Waals surface area contributed by atoms with Gasteiger partial charge >= 0.3 is 6.18 Å². The molecule has 2 aliphatic heterocycles. The van der Waals surface area contributed by atoms with Crippen LogP contribution in [0.25, 0.3) is 0 Å². The molecular weight excluding hydrogens is 487 g/mol. The van der Waals surface area contributed by atoms with Crippen LogP contribution in [0, 0.1) is 0 Å². The van der Waals surface area contributed by atoms with Crippen LogP contribution in [0.3, 0.4) is 0 Å². The zero-order chi connectivity index (χ0) is 26.6. The smallest absolute Gasteiger partial charge is 0.372 e. The van der Waals surface area contributed by atoms with Crippen LogP contribution in [0.1, 0.15) is 30.4 Å². The van der Waals surface area contributed by atoms with Crippen molar-refractivity contribution >= 4 is 28.9 Å². The van der Waals surface area contributed by atoms with Crippen LogP contribution in [-0.2, 0) is 22.3 Å². The Morgan fingerprint density at radius 2 is 1.68 bits per heavy atom. The van der Waals surface area contributed by atoms with Crippen molar-refractivity contribution in [3.8, 4) is 0 Å². The summed E-state index contributed by atoms with van der Waals surface area (Å²) in [5.74, 6) is -0.936. The van der Waals surface area contributed by atoms with Gasteiger partial charge < -0.3 is 15.1 Å². The Labute approximate surface area is 214 Å². The lowest BCUT2D eigenvalue weighted by Gasteiger charge is -2.32. The van der Waals surface area contributed by atoms with E-state index in [9.17, 15) is 28.0 Å². The van der Waals surface area contributed by atoms with Crippen molar-refractivity contribution in [2.45, 2.75) is 32.0 Å². The molecule has 2 heterocycles. The zero-order valence-electron chi connectivity index (χ0n) is 20.8. The number of hydrogen-bond acceptors (Lipinski definition) is 6. The first kappa shape index (κ1) is 26.7. The van der Waals surface area contributed by atoms with Gasteiger partial charge in [0.15, 0.2) is 0 Å². The van der Waals surface area contributed by atoms with Crippen LogP contribution in [0.15, 0.2) is 42.5 Å². The second-order valence-electron chi connectivity index (χ2n) is 9.57. The highest BCUT2D eigenvalue weighted by molar-refractivity contribution is 5.81. The Kier molecular flexibility index (Phi) is 8.23. The average molecular weight is 520 g/mol. The largest absolute Gasteiger partial charge is 0.416 e. The normalized spacial score (nSPS) is 17.2. The number of piperazine rings is 1. The van der Waals surface area contributed by atoms with Crippen molar-refractivity contribution in [3.63, 3.8) is 0 Å². The molecule has 4 rings (SSSR count). The lowest BCUT2D eigenvalue weighted by Crippen LogP contribution is -2.51. The van der Waals surface area contributed by atoms with Gasteiger partial charge in [0.1, 0.15) is 0 Å². The van der Waals surface area contributed by atoms with E-state index in [1.54, 1.807) is 11.9 Å². The number of alkyl halides is 3. The minimum Gasteiger partial charge on any atom is -0.372 e. The van der Waals surface area contributed by atoms with E-state index in [-0.39, 0.29) is 35.3 Å². The molecule has 0 unspecified atom stereocenters. The Balaban J connectivity index is 1.42. The van der Waals surface area contributed by atoms with Crippen molar-refractivity contribution in [1.29, 1.82) is 0 Å². The molecule has 2 fully saturated rings. The molecule has 0 bridgehead atoms. The van der Waals surface area contributed by atoms with Crippen molar-refractivity contribution in [3.05, 3.63) is 53.6 Å². The lowest BCUT2D eigenvalue weighted by molar-refractivity contribution is -0.171. The Bertz CT molecular complexity index is 1100. The molecule has 200 valence electrons. The van der Waals surface area contributed by atoms with Gasteiger partial charge in [-0.1, -0.05) is 6.07 Å². The highest BCUT2D eigenvalue weighted by Crippen LogP contribution is 2.35. The van der Waals surface area contributed by atoms with Crippen molar-refractivity contribution in [2.24, 2.45) is 0 Å². The average Bonchev–Trinajstić information content (AvgIpc) is 2.87. The summed E-state index contributed by atoms with van der Waals surface area (Å²) in [6, 6.07) is 11.3. The number of hydroxylamine groups is 2. The van der Waals surface area contributed by atoms with Gasteiger partial charge in [-0.3, -0.25) is 19.7 Å². The quantitative estimate of drug-likeness (QED) is 0.426. The molecule has 0 radical (unpaired) electrons. The third-order valence-corrected chi connectivity index (χ3v) is 6.80. The summed E-state index contributed by atoms with van der Waals surface area (Å²) in [5.41, 5.74) is 0.814. The lowest BCUT2D eigenvalue weighted by atomic mass is 10.1. The number of amides is 2. The third-order valence-electron chi connectivity index (χ3n) is 6.80. The Morgan fingerprint density at radius 1 is 1.00 bits per heavy atom. The van der Waals surface area contributed by atoms with Crippen LogP contribution in [-0.4, -0.2) is 78.2 Å². The number of halogens is 3. The first-order chi connectivity index (χ1) is 17.6. The van der Waals surface area contributed by atoms with E-state index in [2.05, 4.69) is 10.2 Å². The molecule has 2 N–H and O–H groups in total. The maximum absolute atomic E-state index is 13.9. The van der Waals surface area contributed by atoms with Crippen molar-refractivity contribution in [1.82, 2.24) is 14.9 Å². The predicted octanol–water partition coefficient (Wildman–Crippen LogP) is 3.93. The number of piperidine rings is 1. The molecule has 2 aliphatic rings. The van der Waals surface area contributed by atoms with Gasteiger partial charge in [-0.25, -0.2) is 5.06 Å². The highest BCUT2D eigenvalue weighted by Gasteiger charge is 2.34. The first-order valence-corrected chi connectivity index (χ1v) is 12.4. The molecule has 2 amide bonds. The number of nitrogens with zero attached hydrogens (tertiary/aromatic N) is 4. The van der Waals surface area contributed by atoms with Crippen LogP contribution in [0.5, 0.6) is 0 Å². The second-order valence-corrected chi connectivity index (χ2v) is 9.57. The van der Waals surface area contributed by atoms with Gasteiger partial charge in [0.2, 0.25) is 5.91 Å². The molecule has 37 heavy (non-hydrogen) atoms. The molecule has 11 heteroatoms. The van der Waals surface area contributed by atoms with E-state index < -0.39 is 24.2 Å².